The Bertz CT molecular complexity index is 448. The van der Waals surface area contributed by atoms with Crippen molar-refractivity contribution in [1.82, 2.24) is 4.90 Å². The van der Waals surface area contributed by atoms with Gasteiger partial charge in [0.1, 0.15) is 6.61 Å². The highest BCUT2D eigenvalue weighted by molar-refractivity contribution is 5.69. The highest BCUT2D eigenvalue weighted by Gasteiger charge is 2.43. The SMILES string of the molecule is O=C(OCc1ccccc1)N1[C@H]2CC[C@H]1CC(CO)C2. The molecule has 4 nitrogen and oxygen atoms in total. The summed E-state index contributed by atoms with van der Waals surface area (Å²) in [7, 11) is 0. The summed E-state index contributed by atoms with van der Waals surface area (Å²) in [5.41, 5.74) is 1.01. The summed E-state index contributed by atoms with van der Waals surface area (Å²) < 4.78 is 5.44. The number of ether oxygens (including phenoxy) is 1. The van der Waals surface area contributed by atoms with Gasteiger partial charge in [0.05, 0.1) is 0 Å². The minimum atomic E-state index is -0.197. The summed E-state index contributed by atoms with van der Waals surface area (Å²) >= 11 is 0. The van der Waals surface area contributed by atoms with Gasteiger partial charge in [-0.25, -0.2) is 4.79 Å². The van der Waals surface area contributed by atoms with Gasteiger partial charge in [0, 0.05) is 18.7 Å². The zero-order chi connectivity index (χ0) is 13.9. The van der Waals surface area contributed by atoms with Crippen molar-refractivity contribution in [1.29, 1.82) is 0 Å². The second-order valence-electron chi connectivity index (χ2n) is 5.85. The topological polar surface area (TPSA) is 49.8 Å². The quantitative estimate of drug-likeness (QED) is 0.922. The van der Waals surface area contributed by atoms with Crippen molar-refractivity contribution in [2.45, 2.75) is 44.4 Å². The number of amides is 1. The molecule has 0 unspecified atom stereocenters. The highest BCUT2D eigenvalue weighted by Crippen LogP contribution is 2.38. The molecule has 108 valence electrons. The molecular formula is C16H21NO3. The number of hydrogen-bond acceptors (Lipinski definition) is 3. The van der Waals surface area contributed by atoms with Crippen molar-refractivity contribution >= 4 is 6.09 Å². The largest absolute Gasteiger partial charge is 0.445 e. The molecule has 1 aromatic rings. The molecule has 2 atom stereocenters. The molecule has 0 saturated carbocycles. The third-order valence-corrected chi connectivity index (χ3v) is 4.50. The van der Waals surface area contributed by atoms with Gasteiger partial charge in [-0.2, -0.15) is 0 Å². The molecule has 0 spiro atoms. The zero-order valence-corrected chi connectivity index (χ0v) is 11.6. The van der Waals surface area contributed by atoms with E-state index in [1.54, 1.807) is 0 Å². The van der Waals surface area contributed by atoms with Crippen LogP contribution in [0.25, 0.3) is 0 Å². The summed E-state index contributed by atoms with van der Waals surface area (Å²) in [6.45, 7) is 0.568. The molecule has 4 heteroatoms. The number of benzene rings is 1. The summed E-state index contributed by atoms with van der Waals surface area (Å²) in [5, 5.41) is 9.30. The van der Waals surface area contributed by atoms with Crippen LogP contribution in [0.15, 0.2) is 30.3 Å². The molecule has 2 fully saturated rings. The summed E-state index contributed by atoms with van der Waals surface area (Å²) in [6, 6.07) is 10.3. The van der Waals surface area contributed by atoms with Gasteiger partial charge in [-0.15, -0.1) is 0 Å². The maximum Gasteiger partial charge on any atom is 0.410 e. The Balaban J connectivity index is 1.58. The second-order valence-corrected chi connectivity index (χ2v) is 5.85. The molecule has 1 aromatic carbocycles. The molecule has 3 rings (SSSR count). The van der Waals surface area contributed by atoms with Crippen molar-refractivity contribution in [2.75, 3.05) is 6.61 Å². The van der Waals surface area contributed by atoms with Crippen LogP contribution in [0.2, 0.25) is 0 Å². The van der Waals surface area contributed by atoms with Crippen molar-refractivity contribution < 1.29 is 14.6 Å². The number of aliphatic hydroxyl groups excluding tert-OH is 1. The monoisotopic (exact) mass is 275 g/mol. The van der Waals surface area contributed by atoms with Crippen LogP contribution in [0.1, 0.15) is 31.2 Å². The predicted molar refractivity (Wildman–Crippen MR) is 75.1 cm³/mol. The van der Waals surface area contributed by atoms with E-state index in [2.05, 4.69) is 0 Å². The van der Waals surface area contributed by atoms with Gasteiger partial charge in [0.2, 0.25) is 0 Å². The van der Waals surface area contributed by atoms with E-state index in [0.717, 1.165) is 31.2 Å². The number of carbonyl (C=O) groups is 1. The Morgan fingerprint density at radius 3 is 2.45 bits per heavy atom. The van der Waals surface area contributed by atoms with Crippen LogP contribution in [0.4, 0.5) is 4.79 Å². The Hall–Kier alpha value is -1.55. The minimum absolute atomic E-state index is 0.197. The van der Waals surface area contributed by atoms with Crippen LogP contribution >= 0.6 is 0 Å². The van der Waals surface area contributed by atoms with Gasteiger partial charge < -0.3 is 14.7 Å². The fourth-order valence-electron chi connectivity index (χ4n) is 3.53. The highest BCUT2D eigenvalue weighted by atomic mass is 16.6. The van der Waals surface area contributed by atoms with E-state index in [1.165, 1.54) is 0 Å². The predicted octanol–water partition coefficient (Wildman–Crippen LogP) is 2.56. The standard InChI is InChI=1S/C16H21NO3/c18-10-13-8-14-6-7-15(9-13)17(14)16(19)20-11-12-4-2-1-3-5-12/h1-5,13-15,18H,6-11H2/t14-,15-/m0/s1. The molecule has 0 aliphatic carbocycles. The smallest absolute Gasteiger partial charge is 0.410 e. The number of rotatable bonds is 3. The fourth-order valence-corrected chi connectivity index (χ4v) is 3.53. The van der Waals surface area contributed by atoms with Crippen molar-refractivity contribution in [3.63, 3.8) is 0 Å². The van der Waals surface area contributed by atoms with Crippen LogP contribution in [0.3, 0.4) is 0 Å². The molecule has 2 aliphatic rings. The molecular weight excluding hydrogens is 254 g/mol. The average Bonchev–Trinajstić information content (AvgIpc) is 2.76. The van der Waals surface area contributed by atoms with E-state index in [-0.39, 0.29) is 24.8 Å². The Labute approximate surface area is 119 Å². The van der Waals surface area contributed by atoms with E-state index in [1.807, 2.05) is 35.2 Å². The molecule has 1 amide bonds. The molecule has 2 saturated heterocycles. The lowest BCUT2D eigenvalue weighted by Gasteiger charge is -2.37. The number of nitrogens with zero attached hydrogens (tertiary/aromatic N) is 1. The molecule has 2 aliphatic heterocycles. The fraction of sp³-hybridized carbons (Fsp3) is 0.562. The van der Waals surface area contributed by atoms with E-state index >= 15 is 0 Å². The third-order valence-electron chi connectivity index (χ3n) is 4.50. The Kier molecular flexibility index (Phi) is 3.92. The Morgan fingerprint density at radius 2 is 1.85 bits per heavy atom. The molecule has 20 heavy (non-hydrogen) atoms. The summed E-state index contributed by atoms with van der Waals surface area (Å²) in [6.07, 6.45) is 3.71. The van der Waals surface area contributed by atoms with E-state index in [0.29, 0.717) is 12.5 Å². The van der Waals surface area contributed by atoms with E-state index in [9.17, 15) is 9.90 Å². The van der Waals surface area contributed by atoms with Gasteiger partial charge in [-0.1, -0.05) is 30.3 Å². The van der Waals surface area contributed by atoms with Crippen LogP contribution in [-0.2, 0) is 11.3 Å². The van der Waals surface area contributed by atoms with Gasteiger partial charge in [-0.3, -0.25) is 0 Å². The molecule has 0 radical (unpaired) electrons. The number of piperidine rings is 1. The lowest BCUT2D eigenvalue weighted by atomic mass is 9.92. The first-order chi connectivity index (χ1) is 9.78. The molecule has 1 N–H and O–H groups in total. The van der Waals surface area contributed by atoms with Crippen LogP contribution < -0.4 is 0 Å². The van der Waals surface area contributed by atoms with Gasteiger partial charge in [0.25, 0.3) is 0 Å². The lowest BCUT2D eigenvalue weighted by Crippen LogP contribution is -2.47. The van der Waals surface area contributed by atoms with Gasteiger partial charge >= 0.3 is 6.09 Å². The number of carbonyl (C=O) groups excluding carboxylic acids is 1. The normalized spacial score (nSPS) is 28.4. The number of fused-ring (bicyclic) bond motifs is 2. The van der Waals surface area contributed by atoms with Gasteiger partial charge in [-0.05, 0) is 37.2 Å². The van der Waals surface area contributed by atoms with Crippen LogP contribution in [0, 0.1) is 5.92 Å². The van der Waals surface area contributed by atoms with Crippen molar-refractivity contribution in [3.05, 3.63) is 35.9 Å². The molecule has 0 aromatic heterocycles. The minimum Gasteiger partial charge on any atom is -0.445 e. The molecule has 2 heterocycles. The first-order valence-electron chi connectivity index (χ1n) is 7.38. The second kappa shape index (κ2) is 5.83. The van der Waals surface area contributed by atoms with Crippen LogP contribution in [0.5, 0.6) is 0 Å². The Morgan fingerprint density at radius 1 is 1.20 bits per heavy atom. The number of aliphatic hydroxyl groups is 1. The first kappa shape index (κ1) is 13.4. The maximum atomic E-state index is 12.3. The van der Waals surface area contributed by atoms with Crippen molar-refractivity contribution in [2.24, 2.45) is 5.92 Å². The molecule has 2 bridgehead atoms. The lowest BCUT2D eigenvalue weighted by molar-refractivity contribution is 0.0427. The number of hydrogen-bond donors (Lipinski definition) is 1. The first-order valence-corrected chi connectivity index (χ1v) is 7.38. The van der Waals surface area contributed by atoms with Crippen LogP contribution in [-0.4, -0.2) is 34.8 Å². The van der Waals surface area contributed by atoms with Gasteiger partial charge in [0.15, 0.2) is 0 Å². The maximum absolute atomic E-state index is 12.3. The zero-order valence-electron chi connectivity index (χ0n) is 11.6. The summed E-state index contributed by atoms with van der Waals surface area (Å²) in [5.74, 6) is 0.352. The van der Waals surface area contributed by atoms with E-state index < -0.39 is 0 Å². The average molecular weight is 275 g/mol. The van der Waals surface area contributed by atoms with E-state index in [4.69, 9.17) is 4.74 Å². The summed E-state index contributed by atoms with van der Waals surface area (Å²) in [4.78, 5) is 14.2. The van der Waals surface area contributed by atoms with Crippen molar-refractivity contribution in [3.8, 4) is 0 Å². The third kappa shape index (κ3) is 2.66.